The number of carbonyl (C=O) groups is 1. The Morgan fingerprint density at radius 3 is 2.27 bits per heavy atom. The van der Waals surface area contributed by atoms with Crippen molar-refractivity contribution in [2.24, 2.45) is 0 Å². The molecule has 0 unspecified atom stereocenters. The van der Waals surface area contributed by atoms with Gasteiger partial charge in [-0.05, 0) is 70.7 Å². The molecule has 2 atom stereocenters. The number of carbonyl (C=O) groups excluding carboxylic acids is 1. The normalized spacial score (nSPS) is 13.8. The van der Waals surface area contributed by atoms with Crippen molar-refractivity contribution in [1.29, 1.82) is 0 Å². The van der Waals surface area contributed by atoms with Gasteiger partial charge in [0.15, 0.2) is 0 Å². The Labute approximate surface area is 239 Å². The van der Waals surface area contributed by atoms with E-state index in [-0.39, 0.29) is 0 Å². The zero-order valence-electron chi connectivity index (χ0n) is 24.1. The minimum atomic E-state index is -1.42. The summed E-state index contributed by atoms with van der Waals surface area (Å²) in [4.78, 5) is 13.2. The SMILES string of the molecule is CC(C)(C)OC(=O)n1nc([C@H](N[S@](=O)C(C)(C)C)c2ccccc2CCOCc2ccccc2)c2ccccc21. The predicted molar refractivity (Wildman–Crippen MR) is 160 cm³/mol. The average Bonchev–Trinajstić information content (AvgIpc) is 3.29. The van der Waals surface area contributed by atoms with Crippen LogP contribution in [0.15, 0.2) is 78.9 Å². The van der Waals surface area contributed by atoms with E-state index in [0.29, 0.717) is 30.8 Å². The van der Waals surface area contributed by atoms with Crippen LogP contribution in [0.4, 0.5) is 4.79 Å². The van der Waals surface area contributed by atoms with E-state index in [9.17, 15) is 9.00 Å². The molecule has 0 saturated carbocycles. The van der Waals surface area contributed by atoms with E-state index in [1.54, 1.807) is 0 Å². The van der Waals surface area contributed by atoms with Gasteiger partial charge in [0, 0.05) is 5.39 Å². The van der Waals surface area contributed by atoms with Gasteiger partial charge in [-0.15, -0.1) is 0 Å². The smallest absolute Gasteiger partial charge is 0.435 e. The molecule has 7 nitrogen and oxygen atoms in total. The second kappa shape index (κ2) is 12.5. The summed E-state index contributed by atoms with van der Waals surface area (Å²) < 4.78 is 29.2. The molecule has 0 spiro atoms. The second-order valence-electron chi connectivity index (χ2n) is 11.7. The molecule has 1 heterocycles. The molecule has 0 fully saturated rings. The van der Waals surface area contributed by atoms with Gasteiger partial charge in [-0.2, -0.15) is 9.78 Å². The zero-order chi connectivity index (χ0) is 28.9. The summed E-state index contributed by atoms with van der Waals surface area (Å²) in [6.07, 6.45) is 0.0989. The largest absolute Gasteiger partial charge is 0.442 e. The van der Waals surface area contributed by atoms with Gasteiger partial charge in [-0.1, -0.05) is 72.8 Å². The highest BCUT2D eigenvalue weighted by Gasteiger charge is 2.31. The van der Waals surface area contributed by atoms with Crippen molar-refractivity contribution in [2.45, 2.75) is 71.0 Å². The summed E-state index contributed by atoms with van der Waals surface area (Å²) in [6.45, 7) is 12.3. The molecule has 0 amide bonds. The Balaban J connectivity index is 1.72. The average molecular weight is 562 g/mol. The van der Waals surface area contributed by atoms with Gasteiger partial charge in [-0.3, -0.25) is 0 Å². The highest BCUT2D eigenvalue weighted by molar-refractivity contribution is 7.84. The van der Waals surface area contributed by atoms with Crippen LogP contribution in [0.5, 0.6) is 0 Å². The van der Waals surface area contributed by atoms with Crippen molar-refractivity contribution in [1.82, 2.24) is 14.5 Å². The van der Waals surface area contributed by atoms with E-state index in [4.69, 9.17) is 14.6 Å². The fourth-order valence-corrected chi connectivity index (χ4v) is 5.09. The summed E-state index contributed by atoms with van der Waals surface area (Å²) in [5.74, 6) is 0. The third-order valence-corrected chi connectivity index (χ3v) is 7.79. The van der Waals surface area contributed by atoms with Crippen molar-refractivity contribution >= 4 is 28.0 Å². The first-order chi connectivity index (χ1) is 18.9. The number of hydrogen-bond acceptors (Lipinski definition) is 5. The summed E-state index contributed by atoms with van der Waals surface area (Å²) in [5, 5.41) is 5.56. The van der Waals surface area contributed by atoms with Crippen molar-refractivity contribution in [3.63, 3.8) is 0 Å². The van der Waals surface area contributed by atoms with E-state index in [0.717, 1.165) is 22.1 Å². The number of nitrogens with one attached hydrogen (secondary N) is 1. The van der Waals surface area contributed by atoms with Crippen LogP contribution in [0.1, 0.15) is 70.0 Å². The first-order valence-corrected chi connectivity index (χ1v) is 14.7. The van der Waals surface area contributed by atoms with E-state index in [1.807, 2.05) is 114 Å². The number of para-hydroxylation sites is 1. The number of fused-ring (bicyclic) bond motifs is 1. The van der Waals surface area contributed by atoms with Crippen LogP contribution < -0.4 is 4.72 Å². The van der Waals surface area contributed by atoms with Gasteiger partial charge in [0.1, 0.15) is 5.60 Å². The number of ether oxygens (including phenoxy) is 2. The molecule has 0 saturated heterocycles. The van der Waals surface area contributed by atoms with Gasteiger partial charge < -0.3 is 9.47 Å². The van der Waals surface area contributed by atoms with Crippen molar-refractivity contribution in [3.8, 4) is 0 Å². The number of aromatic nitrogens is 2. The Morgan fingerprint density at radius 2 is 1.57 bits per heavy atom. The Morgan fingerprint density at radius 1 is 0.925 bits per heavy atom. The number of hydrogen-bond donors (Lipinski definition) is 1. The first-order valence-electron chi connectivity index (χ1n) is 13.5. The maximum absolute atomic E-state index is 13.5. The molecule has 3 aromatic carbocycles. The molecule has 0 bridgehead atoms. The molecule has 212 valence electrons. The van der Waals surface area contributed by atoms with Gasteiger partial charge >= 0.3 is 6.09 Å². The quantitative estimate of drug-likeness (QED) is 0.229. The molecule has 0 aliphatic carbocycles. The monoisotopic (exact) mass is 561 g/mol. The Hall–Kier alpha value is -3.33. The lowest BCUT2D eigenvalue weighted by Gasteiger charge is -2.25. The number of rotatable bonds is 9. The molecule has 4 aromatic rings. The molecular weight excluding hydrogens is 522 g/mol. The predicted octanol–water partition coefficient (Wildman–Crippen LogP) is 6.72. The maximum atomic E-state index is 13.5. The third-order valence-electron chi connectivity index (χ3n) is 6.23. The van der Waals surface area contributed by atoms with Gasteiger partial charge in [-0.25, -0.2) is 13.7 Å². The molecule has 40 heavy (non-hydrogen) atoms. The molecule has 0 aliphatic rings. The van der Waals surface area contributed by atoms with Crippen LogP contribution in [0.2, 0.25) is 0 Å². The van der Waals surface area contributed by atoms with Gasteiger partial charge in [0.2, 0.25) is 0 Å². The minimum Gasteiger partial charge on any atom is -0.442 e. The van der Waals surface area contributed by atoms with Crippen molar-refractivity contribution in [3.05, 3.63) is 101 Å². The van der Waals surface area contributed by atoms with E-state index in [2.05, 4.69) is 10.8 Å². The number of nitrogens with zero attached hydrogens (tertiary/aromatic N) is 2. The van der Waals surface area contributed by atoms with Crippen LogP contribution in [0.25, 0.3) is 10.9 Å². The van der Waals surface area contributed by atoms with E-state index >= 15 is 0 Å². The topological polar surface area (TPSA) is 82.5 Å². The van der Waals surface area contributed by atoms with Gasteiger partial charge in [0.05, 0.1) is 46.2 Å². The summed E-state index contributed by atoms with van der Waals surface area (Å²) in [5.41, 5.74) is 3.66. The fourth-order valence-electron chi connectivity index (χ4n) is 4.29. The van der Waals surface area contributed by atoms with Crippen molar-refractivity contribution in [2.75, 3.05) is 6.61 Å². The molecule has 1 aromatic heterocycles. The van der Waals surface area contributed by atoms with E-state index in [1.165, 1.54) is 4.68 Å². The van der Waals surface area contributed by atoms with Crippen molar-refractivity contribution < 1.29 is 18.5 Å². The molecular formula is C32H39N3O4S. The molecule has 4 rings (SSSR count). The molecule has 8 heteroatoms. The Bertz CT molecular complexity index is 1470. The second-order valence-corrected chi connectivity index (χ2v) is 13.7. The lowest BCUT2D eigenvalue weighted by atomic mass is 9.95. The first kappa shape index (κ1) is 29.6. The molecule has 0 radical (unpaired) electrons. The zero-order valence-corrected chi connectivity index (χ0v) is 25.0. The summed E-state index contributed by atoms with van der Waals surface area (Å²) in [6, 6.07) is 25.1. The van der Waals surface area contributed by atoms with Crippen LogP contribution in [0, 0.1) is 0 Å². The highest BCUT2D eigenvalue weighted by Crippen LogP contribution is 2.32. The summed E-state index contributed by atoms with van der Waals surface area (Å²) in [7, 11) is -1.42. The maximum Gasteiger partial charge on any atom is 0.435 e. The lowest BCUT2D eigenvalue weighted by Crippen LogP contribution is -2.37. The Kier molecular flexibility index (Phi) is 9.23. The van der Waals surface area contributed by atoms with E-state index < -0.39 is 33.5 Å². The van der Waals surface area contributed by atoms with Crippen LogP contribution in [-0.4, -0.2) is 37.0 Å². The van der Waals surface area contributed by atoms with Crippen LogP contribution >= 0.6 is 0 Å². The standard InChI is InChI=1S/C32H39N3O4S/c1-31(2,3)39-30(36)35-27-19-13-12-18-26(27)28(33-35)29(34-40(37)32(4,5)6)25-17-11-10-16-24(25)20-21-38-22-23-14-8-7-9-15-23/h7-19,29,34H,20-22H2,1-6H3/t29-,40-/m1/s1. The molecule has 0 aliphatic heterocycles. The van der Waals surface area contributed by atoms with Crippen LogP contribution in [-0.2, 0) is 33.5 Å². The third kappa shape index (κ3) is 7.44. The van der Waals surface area contributed by atoms with Crippen LogP contribution in [0.3, 0.4) is 0 Å². The highest BCUT2D eigenvalue weighted by atomic mass is 32.2. The lowest BCUT2D eigenvalue weighted by molar-refractivity contribution is 0.0522. The fraction of sp³-hybridized carbons (Fsp3) is 0.375. The number of benzene rings is 3. The van der Waals surface area contributed by atoms with Gasteiger partial charge in [0.25, 0.3) is 0 Å². The summed E-state index contributed by atoms with van der Waals surface area (Å²) >= 11 is 0. The molecule has 1 N–H and O–H groups in total. The minimum absolute atomic E-state index is 0.518.